The van der Waals surface area contributed by atoms with Crippen LogP contribution >= 0.6 is 0 Å². The van der Waals surface area contributed by atoms with Crippen LogP contribution in [0, 0.1) is 0 Å². The lowest BCUT2D eigenvalue weighted by Gasteiger charge is -2.30. The maximum Gasteiger partial charge on any atom is 0.407 e. The first kappa shape index (κ1) is 25.0. The number of hydrogen-bond donors (Lipinski definition) is 2. The number of nitrogens with one attached hydrogen (secondary N) is 1. The van der Waals surface area contributed by atoms with E-state index in [1.165, 1.54) is 4.90 Å². The summed E-state index contributed by atoms with van der Waals surface area (Å²) in [4.78, 5) is 38.4. The van der Waals surface area contributed by atoms with Crippen LogP contribution in [0.3, 0.4) is 0 Å². The fourth-order valence-corrected chi connectivity index (χ4v) is 4.36. The molecule has 0 radical (unpaired) electrons. The van der Waals surface area contributed by atoms with Gasteiger partial charge >= 0.3 is 12.1 Å². The minimum absolute atomic E-state index is 0.0722. The Bertz CT molecular complexity index is 1000. The highest BCUT2D eigenvalue weighted by molar-refractivity contribution is 5.86. The lowest BCUT2D eigenvalue weighted by molar-refractivity contribution is -0.140. The maximum atomic E-state index is 13.2. The molecule has 2 amide bonds. The van der Waals surface area contributed by atoms with Crippen molar-refractivity contribution in [2.24, 2.45) is 0 Å². The van der Waals surface area contributed by atoms with E-state index in [1.807, 2.05) is 50.2 Å². The van der Waals surface area contributed by atoms with Gasteiger partial charge in [-0.1, -0.05) is 54.6 Å². The Kier molecular flexibility index (Phi) is 8.46. The molecule has 1 unspecified atom stereocenters. The van der Waals surface area contributed by atoms with Crippen molar-refractivity contribution >= 4 is 18.0 Å². The van der Waals surface area contributed by atoms with Crippen LogP contribution in [0.5, 0.6) is 0 Å². The Balaban J connectivity index is 1.69. The quantitative estimate of drug-likeness (QED) is 0.475. The fourth-order valence-electron chi connectivity index (χ4n) is 4.36. The largest absolute Gasteiger partial charge is 0.481 e. The summed E-state index contributed by atoms with van der Waals surface area (Å²) in [5, 5.41) is 11.7. The van der Waals surface area contributed by atoms with Gasteiger partial charge in [-0.15, -0.1) is 6.58 Å². The molecule has 1 atom stereocenters. The van der Waals surface area contributed by atoms with Crippen LogP contribution in [0.15, 0.2) is 61.2 Å². The Hall–Kier alpha value is -3.61. The first-order chi connectivity index (χ1) is 16.3. The lowest BCUT2D eigenvalue weighted by atomic mass is 9.98. The van der Waals surface area contributed by atoms with Gasteiger partial charge in [0.25, 0.3) is 0 Å². The minimum Gasteiger partial charge on any atom is -0.481 e. The van der Waals surface area contributed by atoms with Crippen molar-refractivity contribution in [3.05, 3.63) is 72.3 Å². The number of fused-ring (bicyclic) bond motifs is 3. The number of amides is 2. The van der Waals surface area contributed by atoms with Gasteiger partial charge in [0.1, 0.15) is 12.6 Å². The molecule has 0 spiro atoms. The normalized spacial score (nSPS) is 13.0. The van der Waals surface area contributed by atoms with Crippen LogP contribution in [-0.4, -0.2) is 53.2 Å². The number of allylic oxidation sites excluding steroid dienone is 1. The third-order valence-corrected chi connectivity index (χ3v) is 6.07. The summed E-state index contributed by atoms with van der Waals surface area (Å²) in [6, 6.07) is 15.1. The molecule has 34 heavy (non-hydrogen) atoms. The smallest absolute Gasteiger partial charge is 0.407 e. The van der Waals surface area contributed by atoms with E-state index in [1.54, 1.807) is 6.08 Å². The van der Waals surface area contributed by atoms with E-state index >= 15 is 0 Å². The Morgan fingerprint density at radius 2 is 1.68 bits per heavy atom. The lowest BCUT2D eigenvalue weighted by Crippen LogP contribution is -2.51. The van der Waals surface area contributed by atoms with E-state index in [0.717, 1.165) is 22.3 Å². The first-order valence-corrected chi connectivity index (χ1v) is 11.6. The Morgan fingerprint density at radius 3 is 2.21 bits per heavy atom. The molecule has 2 aromatic rings. The van der Waals surface area contributed by atoms with E-state index in [0.29, 0.717) is 12.8 Å². The Morgan fingerprint density at radius 1 is 1.09 bits per heavy atom. The van der Waals surface area contributed by atoms with Gasteiger partial charge in [-0.2, -0.15) is 0 Å². The van der Waals surface area contributed by atoms with Crippen LogP contribution in [0.25, 0.3) is 11.1 Å². The first-order valence-electron chi connectivity index (χ1n) is 11.6. The second-order valence-corrected chi connectivity index (χ2v) is 8.66. The zero-order valence-corrected chi connectivity index (χ0v) is 19.7. The van der Waals surface area contributed by atoms with E-state index in [2.05, 4.69) is 24.0 Å². The van der Waals surface area contributed by atoms with Crippen molar-refractivity contribution in [3.8, 4) is 11.1 Å². The van der Waals surface area contributed by atoms with Crippen molar-refractivity contribution in [1.29, 1.82) is 0 Å². The summed E-state index contributed by atoms with van der Waals surface area (Å²) in [5.41, 5.74) is 4.49. The molecular weight excluding hydrogens is 432 g/mol. The van der Waals surface area contributed by atoms with Gasteiger partial charge in [0, 0.05) is 18.5 Å². The van der Waals surface area contributed by atoms with Crippen LogP contribution < -0.4 is 5.32 Å². The average molecular weight is 465 g/mol. The summed E-state index contributed by atoms with van der Waals surface area (Å²) in [6.45, 7) is 7.55. The van der Waals surface area contributed by atoms with Crippen LogP contribution in [0.1, 0.15) is 50.2 Å². The molecule has 0 saturated carbocycles. The fraction of sp³-hybridized carbons (Fsp3) is 0.370. The van der Waals surface area contributed by atoms with Gasteiger partial charge in [0.15, 0.2) is 0 Å². The maximum absolute atomic E-state index is 13.2. The molecule has 2 N–H and O–H groups in total. The van der Waals surface area contributed by atoms with Gasteiger partial charge in [-0.3, -0.25) is 9.59 Å². The molecule has 0 bridgehead atoms. The van der Waals surface area contributed by atoms with Crippen molar-refractivity contribution in [1.82, 2.24) is 10.2 Å². The molecular formula is C27H32N2O5. The molecule has 3 rings (SSSR count). The molecule has 0 fully saturated rings. The molecule has 7 heteroatoms. The van der Waals surface area contributed by atoms with E-state index < -0.39 is 18.1 Å². The average Bonchev–Trinajstić information content (AvgIpc) is 3.13. The van der Waals surface area contributed by atoms with Crippen molar-refractivity contribution in [2.75, 3.05) is 13.2 Å². The standard InChI is InChI=1S/C27H32N2O5/c1-4-5-14-24(26(32)29(18(2)3)16-15-25(30)31)28-27(33)34-17-23-21-12-8-6-10-19(21)20-11-7-9-13-22(20)23/h4,6-13,18,23-24H,1,5,14-17H2,2-3H3,(H,28,33)(H,30,31). The zero-order chi connectivity index (χ0) is 24.7. The topological polar surface area (TPSA) is 95.9 Å². The molecule has 1 aliphatic carbocycles. The second kappa shape index (κ2) is 11.5. The molecule has 1 aliphatic rings. The number of carboxylic acids is 1. The summed E-state index contributed by atoms with van der Waals surface area (Å²) in [6.07, 6.45) is 1.71. The number of alkyl carbamates (subject to hydrolysis) is 1. The minimum atomic E-state index is -0.981. The predicted octanol–water partition coefficient (Wildman–Crippen LogP) is 4.57. The second-order valence-electron chi connectivity index (χ2n) is 8.66. The van der Waals surface area contributed by atoms with Crippen molar-refractivity contribution in [3.63, 3.8) is 0 Å². The molecule has 0 heterocycles. The number of ether oxygens (including phenoxy) is 1. The van der Waals surface area contributed by atoms with E-state index in [-0.39, 0.29) is 37.4 Å². The number of carbonyl (C=O) groups excluding carboxylic acids is 2. The third-order valence-electron chi connectivity index (χ3n) is 6.07. The predicted molar refractivity (Wildman–Crippen MR) is 131 cm³/mol. The molecule has 0 aliphatic heterocycles. The SMILES string of the molecule is C=CCCC(NC(=O)OCC1c2ccccc2-c2ccccc21)C(=O)N(CCC(=O)O)C(C)C. The summed E-state index contributed by atoms with van der Waals surface area (Å²) in [5.74, 6) is -1.39. The van der Waals surface area contributed by atoms with E-state index in [9.17, 15) is 14.4 Å². The number of carboxylic acid groups (broad SMARTS) is 1. The number of nitrogens with zero attached hydrogens (tertiary/aromatic N) is 1. The van der Waals surface area contributed by atoms with Crippen molar-refractivity contribution in [2.45, 2.75) is 51.1 Å². The summed E-state index contributed by atoms with van der Waals surface area (Å²) < 4.78 is 5.60. The Labute approximate surface area is 200 Å². The van der Waals surface area contributed by atoms with Crippen LogP contribution in [-0.2, 0) is 14.3 Å². The number of aliphatic carboxylic acids is 1. The van der Waals surface area contributed by atoms with Crippen LogP contribution in [0.2, 0.25) is 0 Å². The number of benzene rings is 2. The number of carbonyl (C=O) groups is 3. The van der Waals surface area contributed by atoms with Gasteiger partial charge in [-0.05, 0) is 48.9 Å². The molecule has 2 aromatic carbocycles. The van der Waals surface area contributed by atoms with Crippen molar-refractivity contribution < 1.29 is 24.2 Å². The summed E-state index contributed by atoms with van der Waals surface area (Å²) in [7, 11) is 0. The number of hydrogen-bond acceptors (Lipinski definition) is 4. The van der Waals surface area contributed by atoms with Gasteiger partial charge < -0.3 is 20.1 Å². The monoisotopic (exact) mass is 464 g/mol. The molecule has 0 aromatic heterocycles. The van der Waals surface area contributed by atoms with E-state index in [4.69, 9.17) is 9.84 Å². The highest BCUT2D eigenvalue weighted by atomic mass is 16.5. The zero-order valence-electron chi connectivity index (χ0n) is 19.7. The van der Waals surface area contributed by atoms with Crippen LogP contribution in [0.4, 0.5) is 4.79 Å². The highest BCUT2D eigenvalue weighted by Gasteiger charge is 2.31. The molecule has 7 nitrogen and oxygen atoms in total. The molecule has 180 valence electrons. The summed E-state index contributed by atoms with van der Waals surface area (Å²) >= 11 is 0. The van der Waals surface area contributed by atoms with Gasteiger partial charge in [0.05, 0.1) is 6.42 Å². The van der Waals surface area contributed by atoms with Gasteiger partial charge in [-0.25, -0.2) is 4.79 Å². The number of rotatable bonds is 11. The van der Waals surface area contributed by atoms with Gasteiger partial charge in [0.2, 0.25) is 5.91 Å². The molecule has 0 saturated heterocycles. The highest BCUT2D eigenvalue weighted by Crippen LogP contribution is 2.44. The third kappa shape index (κ3) is 5.84.